The number of hydrogen-bond donors (Lipinski definition) is 0. The van der Waals surface area contributed by atoms with Crippen LogP contribution in [0.4, 0.5) is 0 Å². The molecule has 0 spiro atoms. The molecule has 0 aliphatic carbocycles. The van der Waals surface area contributed by atoms with Crippen molar-refractivity contribution in [2.24, 2.45) is 0 Å². The summed E-state index contributed by atoms with van der Waals surface area (Å²) in [5, 5.41) is 28.4. The van der Waals surface area contributed by atoms with Crippen LogP contribution >= 0.6 is 0 Å². The molecule has 0 radical (unpaired) electrons. The van der Waals surface area contributed by atoms with E-state index in [4.69, 9.17) is 0 Å². The van der Waals surface area contributed by atoms with Crippen LogP contribution in [0.3, 0.4) is 0 Å². The summed E-state index contributed by atoms with van der Waals surface area (Å²) in [6, 6.07) is 78.6. The van der Waals surface area contributed by atoms with E-state index >= 15 is 0 Å². The molecule has 0 aliphatic heterocycles. The van der Waals surface area contributed by atoms with Crippen molar-refractivity contribution in [2.75, 3.05) is 0 Å². The summed E-state index contributed by atoms with van der Waals surface area (Å²) in [6.07, 6.45) is 10.5. The van der Waals surface area contributed by atoms with E-state index in [2.05, 4.69) is 33.2 Å². The highest BCUT2D eigenvalue weighted by molar-refractivity contribution is 5.77. The van der Waals surface area contributed by atoms with Crippen LogP contribution in [0.15, 0.2) is 288 Å². The van der Waals surface area contributed by atoms with E-state index < -0.39 is 0 Å². The lowest BCUT2D eigenvalue weighted by atomic mass is 9.99. The van der Waals surface area contributed by atoms with Crippen LogP contribution in [0.1, 0.15) is 16.7 Å². The van der Waals surface area contributed by atoms with Gasteiger partial charge in [0.2, 0.25) is 0 Å². The highest BCUT2D eigenvalue weighted by Gasteiger charge is 2.18. The van der Waals surface area contributed by atoms with E-state index in [0.717, 1.165) is 50.8 Å². The number of benzene rings is 6. The molecular formula is C69H53N9O7. The highest BCUT2D eigenvalue weighted by Crippen LogP contribution is 2.29. The van der Waals surface area contributed by atoms with Crippen LogP contribution in [0.2, 0.25) is 0 Å². The average molecular weight is 1120 g/mol. The zero-order valence-electron chi connectivity index (χ0n) is 45.2. The minimum atomic E-state index is -0.177. The summed E-state index contributed by atoms with van der Waals surface area (Å²) in [7, 11) is 0. The van der Waals surface area contributed by atoms with Gasteiger partial charge in [0.05, 0.1) is 52.0 Å². The number of pyridine rings is 6. The Bertz CT molecular complexity index is 4050. The molecule has 16 heteroatoms. The molecule has 0 saturated heterocycles. The first-order chi connectivity index (χ1) is 39.8. The number of aromatic nitrogens is 6. The van der Waals surface area contributed by atoms with E-state index in [1.54, 1.807) is 124 Å². The molecular weight excluding hydrogens is 1070 g/mol. The molecule has 0 atom stereocenters. The number of nitrogens with zero attached hydrogens (tertiary/aromatic N) is 9. The van der Waals surface area contributed by atoms with Gasteiger partial charge in [-0.2, -0.15) is 15.8 Å². The van der Waals surface area contributed by atoms with Gasteiger partial charge in [-0.1, -0.05) is 127 Å². The Labute approximate surface area is 488 Å². The van der Waals surface area contributed by atoms with Crippen molar-refractivity contribution >= 4 is 0 Å². The van der Waals surface area contributed by atoms with Gasteiger partial charge in [-0.3, -0.25) is 43.0 Å². The summed E-state index contributed by atoms with van der Waals surface area (Å²) in [4.78, 5) is 53.0. The first kappa shape index (κ1) is 62.1. The van der Waals surface area contributed by atoms with Gasteiger partial charge in [0.25, 0.3) is 16.7 Å². The Kier molecular flexibility index (Phi) is 21.5. The van der Waals surface area contributed by atoms with Crippen LogP contribution < -0.4 is 16.7 Å². The maximum atomic E-state index is 13.3. The zero-order valence-corrected chi connectivity index (χ0v) is 45.2. The van der Waals surface area contributed by atoms with Crippen LogP contribution in [-0.2, 0) is 0 Å². The number of rotatable bonds is 9. The minimum Gasteiger partial charge on any atom is -0.412 e. The fourth-order valence-corrected chi connectivity index (χ4v) is 9.13. The number of nitriles is 3. The summed E-state index contributed by atoms with van der Waals surface area (Å²) in [5.74, 6) is 0. The van der Waals surface area contributed by atoms with Crippen molar-refractivity contribution < 1.29 is 21.9 Å². The van der Waals surface area contributed by atoms with Crippen LogP contribution in [0.5, 0.6) is 0 Å². The molecule has 12 rings (SSSR count). The second-order valence-corrected chi connectivity index (χ2v) is 18.1. The minimum absolute atomic E-state index is 0. The van der Waals surface area contributed by atoms with Gasteiger partial charge in [-0.15, -0.1) is 0 Å². The topological polar surface area (TPSA) is 302 Å². The van der Waals surface area contributed by atoms with Crippen molar-refractivity contribution in [1.82, 2.24) is 28.7 Å². The lowest BCUT2D eigenvalue weighted by Gasteiger charge is -2.13. The zero-order chi connectivity index (χ0) is 55.9. The molecule has 0 saturated carbocycles. The standard InChI is InChI=1S/3C23H15N3O.4H2O/c3*24-15-17-8-4-5-11-20(17)21-14-18(22-12-6-7-13-25-22)16-26(23(21)27)19-9-2-1-3-10-19;;;;/h3*1-14,16H;4*1H2. The van der Waals surface area contributed by atoms with Crippen LogP contribution in [0.25, 0.3) is 84.2 Å². The second kappa shape index (κ2) is 29.4. The van der Waals surface area contributed by atoms with Gasteiger partial charge in [-0.25, -0.2) is 0 Å². The van der Waals surface area contributed by atoms with Crippen molar-refractivity contribution in [3.8, 4) is 102 Å². The molecule has 0 aliphatic rings. The van der Waals surface area contributed by atoms with E-state index in [0.29, 0.717) is 50.1 Å². The Balaban J connectivity index is 0.000000200. The van der Waals surface area contributed by atoms with Gasteiger partial charge in [-0.05, 0) is 109 Å². The molecule has 6 heterocycles. The predicted octanol–water partition coefficient (Wildman–Crippen LogP) is 10.0. The Morgan fingerprint density at radius 1 is 0.282 bits per heavy atom. The van der Waals surface area contributed by atoms with Crippen molar-refractivity contribution in [3.63, 3.8) is 0 Å². The molecule has 16 nitrogen and oxygen atoms in total. The number of hydrogen-bond acceptors (Lipinski definition) is 9. The van der Waals surface area contributed by atoms with E-state index in [1.165, 1.54) is 0 Å². The smallest absolute Gasteiger partial charge is 0.263 e. The third-order valence-corrected chi connectivity index (χ3v) is 13.0. The van der Waals surface area contributed by atoms with Crippen LogP contribution in [0, 0.1) is 34.0 Å². The molecule has 12 aromatic rings. The largest absolute Gasteiger partial charge is 0.412 e. The van der Waals surface area contributed by atoms with Gasteiger partial charge in [0, 0.05) is 104 Å². The first-order valence-corrected chi connectivity index (χ1v) is 25.5. The lowest BCUT2D eigenvalue weighted by molar-refractivity contribution is 0.823. The van der Waals surface area contributed by atoms with Gasteiger partial charge in [0.1, 0.15) is 0 Å². The molecule has 0 amide bonds. The average Bonchev–Trinajstić information content (AvgIpc) is 3.72. The monoisotopic (exact) mass is 1120 g/mol. The fourth-order valence-electron chi connectivity index (χ4n) is 9.13. The summed E-state index contributed by atoms with van der Waals surface area (Å²) >= 11 is 0. The molecule has 416 valence electrons. The maximum Gasteiger partial charge on any atom is 0.263 e. The fraction of sp³-hybridized carbons (Fsp3) is 0. The SMILES string of the molecule is N#Cc1ccccc1-c1cc(-c2ccccn2)cn(-c2ccccc2)c1=O.N#Cc1ccccc1-c1cc(-c2ccccn2)cn(-c2ccccc2)c1=O.N#Cc1ccccc1-c1cc(-c2ccccn2)cn(-c2ccccc2)c1=O.O.O.O.O. The van der Waals surface area contributed by atoms with Crippen molar-refractivity contribution in [1.29, 1.82) is 15.8 Å². The van der Waals surface area contributed by atoms with Gasteiger partial charge >= 0.3 is 0 Å². The Morgan fingerprint density at radius 3 is 0.753 bits per heavy atom. The maximum absolute atomic E-state index is 13.3. The molecule has 6 aromatic carbocycles. The summed E-state index contributed by atoms with van der Waals surface area (Å²) in [6.45, 7) is 0. The van der Waals surface area contributed by atoms with Gasteiger partial charge in [0.15, 0.2) is 0 Å². The summed E-state index contributed by atoms with van der Waals surface area (Å²) in [5.41, 5.74) is 11.1. The normalized spacial score (nSPS) is 9.85. The number of para-hydroxylation sites is 3. The molecule has 6 aromatic heterocycles. The predicted molar refractivity (Wildman–Crippen MR) is 331 cm³/mol. The van der Waals surface area contributed by atoms with E-state index in [9.17, 15) is 30.2 Å². The molecule has 85 heavy (non-hydrogen) atoms. The molecule has 0 bridgehead atoms. The van der Waals surface area contributed by atoms with Gasteiger partial charge < -0.3 is 21.9 Å². The quantitative estimate of drug-likeness (QED) is 0.132. The van der Waals surface area contributed by atoms with E-state index in [-0.39, 0.29) is 38.6 Å². The molecule has 0 fully saturated rings. The molecule has 8 N–H and O–H groups in total. The first-order valence-electron chi connectivity index (χ1n) is 25.5. The third kappa shape index (κ3) is 13.9. The van der Waals surface area contributed by atoms with E-state index in [1.807, 2.05) is 164 Å². The highest BCUT2D eigenvalue weighted by atomic mass is 16.1. The Morgan fingerprint density at radius 2 is 0.518 bits per heavy atom. The third-order valence-electron chi connectivity index (χ3n) is 13.0. The lowest BCUT2D eigenvalue weighted by Crippen LogP contribution is -2.20. The summed E-state index contributed by atoms with van der Waals surface area (Å²) < 4.78 is 4.81. The second-order valence-electron chi connectivity index (χ2n) is 18.1. The molecule has 0 unspecified atom stereocenters. The van der Waals surface area contributed by atoms with Crippen molar-refractivity contribution in [2.45, 2.75) is 0 Å². The Hall–Kier alpha value is -12.1. The van der Waals surface area contributed by atoms with Crippen molar-refractivity contribution in [3.05, 3.63) is 322 Å². The van der Waals surface area contributed by atoms with Crippen LogP contribution in [-0.4, -0.2) is 50.6 Å².